The van der Waals surface area contributed by atoms with Crippen molar-refractivity contribution in [3.8, 4) is 0 Å². The monoisotopic (exact) mass is 495 g/mol. The molecule has 34 heavy (non-hydrogen) atoms. The molecule has 10 heteroatoms. The molecule has 0 heterocycles. The van der Waals surface area contributed by atoms with Gasteiger partial charge in [0.2, 0.25) is 0 Å². The maximum absolute atomic E-state index is 10.3. The number of aliphatic hydroxyl groups is 3. The number of aliphatic carboxylic acids is 1. The zero-order valence-electron chi connectivity index (χ0n) is 21.6. The molecule has 7 N–H and O–H groups in total. The second-order valence-electron chi connectivity index (χ2n) is 8.45. The number of rotatable bonds is 22. The van der Waals surface area contributed by atoms with Gasteiger partial charge in [0.15, 0.2) is 0 Å². The van der Waals surface area contributed by atoms with Crippen LogP contribution in [0.3, 0.4) is 0 Å². The molecule has 0 aliphatic carbocycles. The Kier molecular flexibility index (Phi) is 38.3. The molecule has 0 spiro atoms. The lowest BCUT2D eigenvalue weighted by atomic mass is 10.0. The summed E-state index contributed by atoms with van der Waals surface area (Å²) < 4.78 is 0. The van der Waals surface area contributed by atoms with E-state index in [2.05, 4.69) is 6.92 Å². The van der Waals surface area contributed by atoms with Crippen LogP contribution in [0.25, 0.3) is 0 Å². The van der Waals surface area contributed by atoms with E-state index in [1.807, 2.05) is 0 Å². The molecule has 0 unspecified atom stereocenters. The van der Waals surface area contributed by atoms with Gasteiger partial charge in [-0.15, -0.1) is 0 Å². The number of carbonyl (C=O) groups is 1. The van der Waals surface area contributed by atoms with Gasteiger partial charge in [-0.2, -0.15) is 0 Å². The van der Waals surface area contributed by atoms with E-state index >= 15 is 0 Å². The van der Waals surface area contributed by atoms with E-state index in [1.54, 1.807) is 4.90 Å². The van der Waals surface area contributed by atoms with Crippen molar-refractivity contribution in [3.63, 3.8) is 0 Å². The van der Waals surface area contributed by atoms with Crippen LogP contribution in [0.15, 0.2) is 0 Å². The first kappa shape index (κ1) is 37.8. The Labute approximate surface area is 208 Å². The fourth-order valence-electron chi connectivity index (χ4n) is 3.41. The third-order valence-corrected chi connectivity index (χ3v) is 5.24. The van der Waals surface area contributed by atoms with Crippen LogP contribution in [-0.4, -0.2) is 93.1 Å². The highest BCUT2D eigenvalue weighted by atomic mass is 16.5. The highest BCUT2D eigenvalue weighted by molar-refractivity contribution is 6.30. The first-order valence-corrected chi connectivity index (χ1v) is 13.2. The molecule has 0 radical (unpaired) electrons. The molecule has 0 aliphatic rings. The predicted octanol–water partition coefficient (Wildman–Crippen LogP) is 2.55. The third-order valence-electron chi connectivity index (χ3n) is 5.24. The summed E-state index contributed by atoms with van der Waals surface area (Å²) in [5, 5.41) is 55.5. The van der Waals surface area contributed by atoms with Crippen LogP contribution in [-0.2, 0) is 4.79 Å². The maximum Gasteiger partial charge on any atom is 0.631 e. The largest absolute Gasteiger partial charge is 0.631 e. The number of hydrogen-bond donors (Lipinski definition) is 7. The van der Waals surface area contributed by atoms with Crippen molar-refractivity contribution in [2.24, 2.45) is 0 Å². The highest BCUT2D eigenvalue weighted by Crippen LogP contribution is 2.13. The Hall–Kier alpha value is -0.745. The molecule has 0 aliphatic heterocycles. The Morgan fingerprint density at radius 3 is 1.09 bits per heavy atom. The summed E-state index contributed by atoms with van der Waals surface area (Å²) in [6, 6.07) is 0. The van der Waals surface area contributed by atoms with E-state index < -0.39 is 13.3 Å². The minimum Gasteiger partial charge on any atom is -0.481 e. The fourth-order valence-corrected chi connectivity index (χ4v) is 3.41. The van der Waals surface area contributed by atoms with Crippen LogP contribution >= 0.6 is 0 Å². The van der Waals surface area contributed by atoms with Crippen LogP contribution in [0, 0.1) is 0 Å². The van der Waals surface area contributed by atoms with Crippen molar-refractivity contribution in [2.45, 2.75) is 110 Å². The van der Waals surface area contributed by atoms with Crippen LogP contribution in [0.1, 0.15) is 110 Å². The summed E-state index contributed by atoms with van der Waals surface area (Å²) in [5.41, 5.74) is 0. The van der Waals surface area contributed by atoms with E-state index in [1.165, 1.54) is 83.5 Å². The van der Waals surface area contributed by atoms with Crippen LogP contribution in [0.4, 0.5) is 0 Å². The Balaban J connectivity index is -0.000000568. The van der Waals surface area contributed by atoms with Crippen molar-refractivity contribution in [1.29, 1.82) is 0 Å². The normalized spacial score (nSPS) is 10.4. The van der Waals surface area contributed by atoms with Gasteiger partial charge in [-0.05, 0) is 6.42 Å². The highest BCUT2D eigenvalue weighted by Gasteiger charge is 2.00. The molecule has 0 aromatic heterocycles. The quantitative estimate of drug-likeness (QED) is 0.0884. The molecule has 0 bridgehead atoms. The van der Waals surface area contributed by atoms with Gasteiger partial charge in [-0.25, -0.2) is 0 Å². The second-order valence-corrected chi connectivity index (χ2v) is 8.45. The average Bonchev–Trinajstić information content (AvgIpc) is 2.77. The summed E-state index contributed by atoms with van der Waals surface area (Å²) in [7, 11) is -2.17. The first-order valence-electron chi connectivity index (χ1n) is 13.2. The minimum atomic E-state index is -2.17. The summed E-state index contributed by atoms with van der Waals surface area (Å²) in [6.07, 6.45) is 20.2. The lowest BCUT2D eigenvalue weighted by molar-refractivity contribution is -0.137. The van der Waals surface area contributed by atoms with Crippen molar-refractivity contribution in [1.82, 2.24) is 4.90 Å². The van der Waals surface area contributed by atoms with Crippen molar-refractivity contribution >= 4 is 13.3 Å². The summed E-state index contributed by atoms with van der Waals surface area (Å²) >= 11 is 0. The van der Waals surface area contributed by atoms with E-state index in [-0.39, 0.29) is 19.8 Å². The van der Waals surface area contributed by atoms with Gasteiger partial charge >= 0.3 is 13.3 Å². The van der Waals surface area contributed by atoms with E-state index in [0.717, 1.165) is 12.8 Å². The van der Waals surface area contributed by atoms with Crippen molar-refractivity contribution < 1.29 is 40.3 Å². The number of carboxylic acid groups (broad SMARTS) is 1. The SMILES string of the molecule is CCCCCCCCCCCCCCCCCC(=O)O.OB(O)O.OCCN(CCO)CCO. The van der Waals surface area contributed by atoms with Gasteiger partial charge in [-0.3, -0.25) is 9.69 Å². The number of nitrogens with zero attached hydrogens (tertiary/aromatic N) is 1. The van der Waals surface area contributed by atoms with Gasteiger partial charge in [-0.1, -0.05) is 96.8 Å². The molecular formula is C24H54BNO8. The van der Waals surface area contributed by atoms with E-state index in [4.69, 9.17) is 35.5 Å². The molecule has 0 fully saturated rings. The standard InChI is InChI=1S/C18H36O2.C6H15NO3.BH3O3/c1-2-3-4-5-6-7-8-9-10-11-12-13-14-15-16-17-18(19)20;8-4-1-7(2-5-9)3-6-10;2-1(3)4/h2-17H2,1H3,(H,19,20);8-10H,1-6H2;2-4H. The Bertz CT molecular complexity index is 362. The Morgan fingerprint density at radius 2 is 0.853 bits per heavy atom. The van der Waals surface area contributed by atoms with Gasteiger partial charge in [0, 0.05) is 26.1 Å². The molecule has 0 aromatic carbocycles. The molecule has 0 rings (SSSR count). The minimum absolute atomic E-state index is 0.0694. The zero-order valence-corrected chi connectivity index (χ0v) is 21.6. The average molecular weight is 496 g/mol. The van der Waals surface area contributed by atoms with Crippen LogP contribution in [0.2, 0.25) is 0 Å². The number of carboxylic acids is 1. The van der Waals surface area contributed by atoms with Crippen molar-refractivity contribution in [2.75, 3.05) is 39.5 Å². The smallest absolute Gasteiger partial charge is 0.481 e. The van der Waals surface area contributed by atoms with Gasteiger partial charge < -0.3 is 35.5 Å². The van der Waals surface area contributed by atoms with Gasteiger partial charge in [0.1, 0.15) is 0 Å². The number of aliphatic hydroxyl groups excluding tert-OH is 3. The molecule has 0 atom stereocenters. The summed E-state index contributed by atoms with van der Waals surface area (Å²) in [4.78, 5) is 12.1. The molecule has 0 amide bonds. The van der Waals surface area contributed by atoms with E-state index in [0.29, 0.717) is 26.1 Å². The summed E-state index contributed by atoms with van der Waals surface area (Å²) in [6.45, 7) is 4.02. The maximum atomic E-state index is 10.3. The Morgan fingerprint density at radius 1 is 0.588 bits per heavy atom. The van der Waals surface area contributed by atoms with Gasteiger partial charge in [0.25, 0.3) is 0 Å². The van der Waals surface area contributed by atoms with Gasteiger partial charge in [0.05, 0.1) is 19.8 Å². The first-order chi connectivity index (χ1) is 16.3. The molecule has 206 valence electrons. The van der Waals surface area contributed by atoms with Crippen LogP contribution in [0.5, 0.6) is 0 Å². The topological polar surface area (TPSA) is 162 Å². The second kappa shape index (κ2) is 34.4. The summed E-state index contributed by atoms with van der Waals surface area (Å²) in [5.74, 6) is -0.653. The fraction of sp³-hybridized carbons (Fsp3) is 0.958. The lowest BCUT2D eigenvalue weighted by Gasteiger charge is -2.17. The molecule has 9 nitrogen and oxygen atoms in total. The number of unbranched alkanes of at least 4 members (excludes halogenated alkanes) is 14. The third kappa shape index (κ3) is 44.9. The molecule has 0 saturated heterocycles. The zero-order chi connectivity index (χ0) is 26.3. The molecular weight excluding hydrogens is 441 g/mol. The predicted molar refractivity (Wildman–Crippen MR) is 137 cm³/mol. The van der Waals surface area contributed by atoms with E-state index in [9.17, 15) is 4.79 Å². The number of hydrogen-bond acceptors (Lipinski definition) is 8. The molecule has 0 saturated carbocycles. The lowest BCUT2D eigenvalue weighted by Crippen LogP contribution is -2.32. The van der Waals surface area contributed by atoms with Crippen LogP contribution < -0.4 is 0 Å². The molecule has 0 aromatic rings. The van der Waals surface area contributed by atoms with Crippen molar-refractivity contribution in [3.05, 3.63) is 0 Å².